The number of carbonyl (C=O) groups is 2. The topological polar surface area (TPSA) is 91.3 Å². The fourth-order valence-electron chi connectivity index (χ4n) is 6.10. The zero-order chi connectivity index (χ0) is 24.7. The van der Waals surface area contributed by atoms with Crippen LogP contribution in [0.4, 0.5) is 0 Å². The highest BCUT2D eigenvalue weighted by Gasteiger charge is 2.64. The second-order valence-corrected chi connectivity index (χ2v) is 14.8. The molecular formula is C26H46O5S2. The largest absolute Gasteiger partial charge is 0.748 e. The second kappa shape index (κ2) is 12.5. The maximum Gasteiger partial charge on any atom is 0.184 e. The zero-order valence-electron chi connectivity index (χ0n) is 21.3. The van der Waals surface area contributed by atoms with Crippen molar-refractivity contribution < 1.29 is 22.6 Å². The molecule has 0 aromatic heterocycles. The molecule has 3 aliphatic carbocycles. The minimum Gasteiger partial charge on any atom is -0.748 e. The first-order valence-electron chi connectivity index (χ1n) is 13.1. The quantitative estimate of drug-likeness (QED) is 0.283. The van der Waals surface area contributed by atoms with E-state index in [9.17, 15) is 22.6 Å². The van der Waals surface area contributed by atoms with E-state index in [0.29, 0.717) is 35.4 Å². The number of Topliss-reactive ketones (excluding diaryl/α,β-unsaturated/α-hetero) is 2. The fourth-order valence-corrected chi connectivity index (χ4v) is 9.90. The van der Waals surface area contributed by atoms with Gasteiger partial charge in [0.05, 0.1) is 15.9 Å². The van der Waals surface area contributed by atoms with Gasteiger partial charge in [0.25, 0.3) is 0 Å². The second-order valence-electron chi connectivity index (χ2n) is 11.0. The summed E-state index contributed by atoms with van der Waals surface area (Å²) >= 11 is 0. The van der Waals surface area contributed by atoms with Gasteiger partial charge in [-0.2, -0.15) is 0 Å². The maximum absolute atomic E-state index is 12.3. The molecule has 3 rings (SSSR count). The Morgan fingerprint density at radius 1 is 1.03 bits per heavy atom. The van der Waals surface area contributed by atoms with Crippen molar-refractivity contribution in [2.45, 2.75) is 105 Å². The lowest BCUT2D eigenvalue weighted by Crippen LogP contribution is -2.42. The summed E-state index contributed by atoms with van der Waals surface area (Å²) in [6, 6.07) is 0. The van der Waals surface area contributed by atoms with Gasteiger partial charge in [0.2, 0.25) is 0 Å². The summed E-state index contributed by atoms with van der Waals surface area (Å²) in [4.78, 5) is 24.2. The minimum atomic E-state index is -4.33. The van der Waals surface area contributed by atoms with Crippen molar-refractivity contribution in [2.24, 2.45) is 22.7 Å². The van der Waals surface area contributed by atoms with Crippen LogP contribution >= 0.6 is 0 Å². The smallest absolute Gasteiger partial charge is 0.184 e. The lowest BCUT2D eigenvalue weighted by molar-refractivity contribution is -0.128. The Kier molecular flexibility index (Phi) is 10.9. The van der Waals surface area contributed by atoms with Gasteiger partial charge in [-0.1, -0.05) is 59.8 Å². The first kappa shape index (κ1) is 28.8. The molecule has 3 fully saturated rings. The molecule has 7 heteroatoms. The normalized spacial score (nSPS) is 27.0. The number of fused-ring (bicyclic) bond motifs is 2. The molecule has 0 aromatic carbocycles. The predicted octanol–water partition coefficient (Wildman–Crippen LogP) is 5.28. The molecule has 0 saturated heterocycles. The van der Waals surface area contributed by atoms with E-state index in [-0.39, 0.29) is 17.1 Å². The summed E-state index contributed by atoms with van der Waals surface area (Å²) in [7, 11) is -3.93. The van der Waals surface area contributed by atoms with Crippen LogP contribution < -0.4 is 0 Å². The van der Waals surface area contributed by atoms with Crippen LogP contribution in [0, 0.1) is 22.7 Å². The number of rotatable bonds is 11. The highest BCUT2D eigenvalue weighted by molar-refractivity contribution is 7.97. The molecule has 2 bridgehead atoms. The Balaban J connectivity index is 0.000000237. The van der Waals surface area contributed by atoms with Gasteiger partial charge in [0.1, 0.15) is 17.3 Å². The lowest BCUT2D eigenvalue weighted by atomic mass is 9.70. The van der Waals surface area contributed by atoms with Crippen molar-refractivity contribution in [2.75, 3.05) is 23.0 Å². The van der Waals surface area contributed by atoms with Crippen LogP contribution in [0.5, 0.6) is 0 Å². The van der Waals surface area contributed by atoms with Crippen LogP contribution in [0.15, 0.2) is 0 Å². The van der Waals surface area contributed by atoms with E-state index in [1.165, 1.54) is 69.3 Å². The van der Waals surface area contributed by atoms with Crippen LogP contribution in [0.1, 0.15) is 105 Å². The molecule has 0 aromatic rings. The molecule has 2 atom stereocenters. The van der Waals surface area contributed by atoms with Gasteiger partial charge < -0.3 is 4.55 Å². The highest BCUT2D eigenvalue weighted by atomic mass is 32.2. The summed E-state index contributed by atoms with van der Waals surface area (Å²) in [5.41, 5.74) is -1.22. The molecule has 0 amide bonds. The molecule has 0 aliphatic heterocycles. The third-order valence-electron chi connectivity index (χ3n) is 8.54. The van der Waals surface area contributed by atoms with E-state index in [2.05, 4.69) is 13.8 Å². The van der Waals surface area contributed by atoms with Crippen molar-refractivity contribution in [1.82, 2.24) is 0 Å². The molecule has 3 aliphatic rings. The minimum absolute atomic E-state index is 0.0248. The third kappa shape index (κ3) is 7.54. The van der Waals surface area contributed by atoms with Crippen LogP contribution in [0.3, 0.4) is 0 Å². The standard InChI is InChI=1S/C16H31OS.C10H16O4S/c1-3-5-12-18(13-6-4-2)14-16(17)15-10-8-7-9-11-15;1-9(2)7-3-4-10(9,8(11)5-7)6-15(12,13)14/h15H,3-14H2,1-2H3;7H,3-6H2,1-2H3,(H,12,13,14)/q+1;/p-1. The van der Waals surface area contributed by atoms with Crippen molar-refractivity contribution in [3.63, 3.8) is 0 Å². The molecular weight excluding hydrogens is 456 g/mol. The van der Waals surface area contributed by atoms with E-state index in [1.54, 1.807) is 0 Å². The Bertz CT molecular complexity index is 747. The van der Waals surface area contributed by atoms with Crippen LogP contribution in [0.2, 0.25) is 0 Å². The number of carbonyl (C=O) groups excluding carboxylic acids is 2. The van der Waals surface area contributed by atoms with Crippen molar-refractivity contribution in [3.8, 4) is 0 Å². The van der Waals surface area contributed by atoms with Gasteiger partial charge in [0, 0.05) is 17.8 Å². The lowest BCUT2D eigenvalue weighted by Gasteiger charge is -2.37. The van der Waals surface area contributed by atoms with Crippen molar-refractivity contribution in [3.05, 3.63) is 0 Å². The summed E-state index contributed by atoms with van der Waals surface area (Å²) in [5, 5.41) is 0. The summed E-state index contributed by atoms with van der Waals surface area (Å²) < 4.78 is 32.7. The average molecular weight is 503 g/mol. The third-order valence-corrected chi connectivity index (χ3v) is 11.8. The van der Waals surface area contributed by atoms with Crippen molar-refractivity contribution in [1.29, 1.82) is 0 Å². The summed E-state index contributed by atoms with van der Waals surface area (Å²) in [6.07, 6.45) is 13.3. The molecule has 0 radical (unpaired) electrons. The van der Waals surface area contributed by atoms with Gasteiger partial charge in [-0.3, -0.25) is 9.59 Å². The summed E-state index contributed by atoms with van der Waals surface area (Å²) in [5.74, 6) is 4.26. The summed E-state index contributed by atoms with van der Waals surface area (Å²) in [6.45, 7) is 8.34. The first-order valence-corrected chi connectivity index (χ1v) is 16.4. The van der Waals surface area contributed by atoms with E-state index in [0.717, 1.165) is 12.2 Å². The maximum atomic E-state index is 12.3. The monoisotopic (exact) mass is 502 g/mol. The molecule has 2 unspecified atom stereocenters. The molecule has 0 heterocycles. The fraction of sp³-hybridized carbons (Fsp3) is 0.923. The van der Waals surface area contributed by atoms with E-state index >= 15 is 0 Å². The number of hydrogen-bond acceptors (Lipinski definition) is 5. The SMILES string of the molecule is CC1(C)C2CCC1(CS(=O)(=O)[O-])C(=O)C2.CCCC[S+](CCCC)CC(=O)C1CCCCC1. The Labute approximate surface area is 205 Å². The molecule has 3 saturated carbocycles. The van der Waals surface area contributed by atoms with Gasteiger partial charge in [-0.05, 0) is 60.8 Å². The van der Waals surface area contributed by atoms with Gasteiger partial charge in [0.15, 0.2) is 11.5 Å². The van der Waals surface area contributed by atoms with Gasteiger partial charge in [-0.15, -0.1) is 0 Å². The first-order chi connectivity index (χ1) is 15.5. The molecule has 5 nitrogen and oxygen atoms in total. The van der Waals surface area contributed by atoms with Crippen LogP contribution in [0.25, 0.3) is 0 Å². The Morgan fingerprint density at radius 3 is 2.03 bits per heavy atom. The van der Waals surface area contributed by atoms with E-state index in [4.69, 9.17) is 0 Å². The van der Waals surface area contributed by atoms with Gasteiger partial charge >= 0.3 is 0 Å². The number of hydrogen-bond donors (Lipinski definition) is 0. The van der Waals surface area contributed by atoms with E-state index < -0.39 is 21.3 Å². The molecule has 0 spiro atoms. The number of unbranched alkanes of at least 4 members (excludes halogenated alkanes) is 2. The molecule has 33 heavy (non-hydrogen) atoms. The van der Waals surface area contributed by atoms with E-state index in [1.807, 2.05) is 13.8 Å². The number of ketones is 2. The Morgan fingerprint density at radius 2 is 1.61 bits per heavy atom. The zero-order valence-corrected chi connectivity index (χ0v) is 23.0. The van der Waals surface area contributed by atoms with Crippen molar-refractivity contribution >= 4 is 32.6 Å². The average Bonchev–Trinajstić information content (AvgIpc) is 3.09. The van der Waals surface area contributed by atoms with Gasteiger partial charge in [-0.25, -0.2) is 8.42 Å². The van der Waals surface area contributed by atoms with Crippen LogP contribution in [-0.2, 0) is 30.6 Å². The van der Waals surface area contributed by atoms with Crippen LogP contribution in [-0.4, -0.2) is 47.5 Å². The Hall–Kier alpha value is -0.400. The molecule has 192 valence electrons. The molecule has 0 N–H and O–H groups in total. The highest BCUT2D eigenvalue weighted by Crippen LogP contribution is 2.64. The predicted molar refractivity (Wildman–Crippen MR) is 136 cm³/mol.